The van der Waals surface area contributed by atoms with Gasteiger partial charge in [0, 0.05) is 5.03 Å². The van der Waals surface area contributed by atoms with Gasteiger partial charge in [-0.3, -0.25) is 4.79 Å². The highest BCUT2D eigenvalue weighted by molar-refractivity contribution is 6.29. The van der Waals surface area contributed by atoms with Crippen LogP contribution in [0, 0.1) is 6.92 Å². The van der Waals surface area contributed by atoms with E-state index in [0.29, 0.717) is 5.03 Å². The number of rotatable bonds is 4. The van der Waals surface area contributed by atoms with Crippen LogP contribution in [0.2, 0.25) is 0 Å². The normalized spacial score (nSPS) is 11.2. The molecule has 0 heterocycles. The first-order chi connectivity index (χ1) is 7.50. The summed E-state index contributed by atoms with van der Waals surface area (Å²) in [4.78, 5) is 11.6. The van der Waals surface area contributed by atoms with Gasteiger partial charge in [0.05, 0.1) is 6.54 Å². The molecule has 3 N–H and O–H groups in total. The SMILES string of the molecule is C=C(Cl)CNC(=O)C(N)c1ccc(C)cc1.Cl. The fourth-order valence-electron chi connectivity index (χ4n) is 1.22. The van der Waals surface area contributed by atoms with Crippen molar-refractivity contribution >= 4 is 29.9 Å². The number of aryl methyl sites for hydroxylation is 1. The maximum Gasteiger partial charge on any atom is 0.241 e. The molecular weight excluding hydrogens is 259 g/mol. The summed E-state index contributed by atoms with van der Waals surface area (Å²) in [7, 11) is 0. The quantitative estimate of drug-likeness (QED) is 0.885. The number of carbonyl (C=O) groups is 1. The second-order valence-corrected chi connectivity index (χ2v) is 4.16. The van der Waals surface area contributed by atoms with Crippen molar-refractivity contribution < 1.29 is 4.79 Å². The zero-order valence-electron chi connectivity index (χ0n) is 9.57. The first-order valence-corrected chi connectivity index (χ1v) is 5.31. The van der Waals surface area contributed by atoms with Crippen molar-refractivity contribution in [2.75, 3.05) is 6.54 Å². The molecule has 1 unspecified atom stereocenters. The second-order valence-electron chi connectivity index (χ2n) is 3.62. The fourth-order valence-corrected chi connectivity index (χ4v) is 1.28. The van der Waals surface area contributed by atoms with Crippen molar-refractivity contribution in [3.8, 4) is 0 Å². The maximum atomic E-state index is 11.6. The highest BCUT2D eigenvalue weighted by Crippen LogP contribution is 2.11. The van der Waals surface area contributed by atoms with Gasteiger partial charge in [-0.2, -0.15) is 0 Å². The molecule has 3 nitrogen and oxygen atoms in total. The third kappa shape index (κ3) is 5.22. The Labute approximate surface area is 112 Å². The van der Waals surface area contributed by atoms with E-state index in [1.165, 1.54) is 0 Å². The van der Waals surface area contributed by atoms with Crippen LogP contribution in [0.15, 0.2) is 35.9 Å². The number of halogens is 2. The third-order valence-corrected chi connectivity index (χ3v) is 2.31. The van der Waals surface area contributed by atoms with Crippen molar-refractivity contribution in [1.29, 1.82) is 0 Å². The Morgan fingerprint density at radius 3 is 2.47 bits per heavy atom. The smallest absolute Gasteiger partial charge is 0.241 e. The van der Waals surface area contributed by atoms with E-state index in [2.05, 4.69) is 11.9 Å². The summed E-state index contributed by atoms with van der Waals surface area (Å²) in [6, 6.07) is 6.85. The lowest BCUT2D eigenvalue weighted by Gasteiger charge is -2.12. The summed E-state index contributed by atoms with van der Waals surface area (Å²) in [5.41, 5.74) is 7.70. The van der Waals surface area contributed by atoms with E-state index < -0.39 is 6.04 Å². The van der Waals surface area contributed by atoms with Gasteiger partial charge in [-0.05, 0) is 12.5 Å². The number of nitrogens with two attached hydrogens (primary N) is 1. The van der Waals surface area contributed by atoms with Crippen LogP contribution in [0.4, 0.5) is 0 Å². The molecule has 1 aromatic rings. The zero-order chi connectivity index (χ0) is 12.1. The lowest BCUT2D eigenvalue weighted by atomic mass is 10.1. The van der Waals surface area contributed by atoms with Crippen molar-refractivity contribution in [3.05, 3.63) is 47.0 Å². The minimum absolute atomic E-state index is 0. The van der Waals surface area contributed by atoms with Crippen LogP contribution in [-0.2, 0) is 4.79 Å². The molecule has 17 heavy (non-hydrogen) atoms. The molecule has 0 radical (unpaired) electrons. The summed E-state index contributed by atoms with van der Waals surface area (Å²) >= 11 is 5.54. The molecule has 0 bridgehead atoms. The minimum Gasteiger partial charge on any atom is -0.350 e. The lowest BCUT2D eigenvalue weighted by Crippen LogP contribution is -2.34. The first kappa shape index (κ1) is 16.0. The molecule has 1 aromatic carbocycles. The second kappa shape index (κ2) is 7.33. The summed E-state index contributed by atoms with van der Waals surface area (Å²) in [5.74, 6) is -0.259. The van der Waals surface area contributed by atoms with Gasteiger partial charge in [0.2, 0.25) is 5.91 Å². The summed E-state index contributed by atoms with van der Waals surface area (Å²) in [6.07, 6.45) is 0. The minimum atomic E-state index is -0.670. The van der Waals surface area contributed by atoms with Crippen LogP contribution in [0.3, 0.4) is 0 Å². The molecule has 0 aliphatic heterocycles. The van der Waals surface area contributed by atoms with Crippen LogP contribution in [0.5, 0.6) is 0 Å². The Morgan fingerprint density at radius 1 is 1.47 bits per heavy atom. The van der Waals surface area contributed by atoms with E-state index >= 15 is 0 Å². The Bertz CT molecular complexity index is 390. The molecule has 0 aliphatic rings. The Kier molecular flexibility index (Phi) is 6.88. The van der Waals surface area contributed by atoms with Gasteiger partial charge in [-0.25, -0.2) is 0 Å². The van der Waals surface area contributed by atoms with Gasteiger partial charge in [0.25, 0.3) is 0 Å². The zero-order valence-corrected chi connectivity index (χ0v) is 11.1. The standard InChI is InChI=1S/C12H15ClN2O.ClH/c1-8-3-5-10(6-4-8)11(14)12(16)15-7-9(2)13;/h3-6,11H,2,7,14H2,1H3,(H,15,16);1H. The predicted octanol–water partition coefficient (Wildman–Crippen LogP) is 2.29. The molecule has 0 aliphatic carbocycles. The average molecular weight is 275 g/mol. The Balaban J connectivity index is 0.00000256. The summed E-state index contributed by atoms with van der Waals surface area (Å²) < 4.78 is 0. The molecule has 1 amide bonds. The molecule has 1 rings (SSSR count). The van der Waals surface area contributed by atoms with Crippen molar-refractivity contribution in [2.45, 2.75) is 13.0 Å². The van der Waals surface area contributed by atoms with E-state index in [0.717, 1.165) is 11.1 Å². The molecule has 0 aromatic heterocycles. The van der Waals surface area contributed by atoms with Crippen molar-refractivity contribution in [2.24, 2.45) is 5.73 Å². The van der Waals surface area contributed by atoms with E-state index in [1.54, 1.807) is 0 Å². The number of benzene rings is 1. The molecule has 0 saturated heterocycles. The van der Waals surface area contributed by atoms with E-state index in [1.807, 2.05) is 31.2 Å². The van der Waals surface area contributed by atoms with Crippen molar-refractivity contribution in [1.82, 2.24) is 5.32 Å². The highest BCUT2D eigenvalue weighted by Gasteiger charge is 2.14. The van der Waals surface area contributed by atoms with Gasteiger partial charge in [-0.15, -0.1) is 12.4 Å². The number of nitrogens with one attached hydrogen (secondary N) is 1. The predicted molar refractivity (Wildman–Crippen MR) is 73.4 cm³/mol. The van der Waals surface area contributed by atoms with E-state index in [-0.39, 0.29) is 24.9 Å². The number of hydrogen-bond donors (Lipinski definition) is 2. The van der Waals surface area contributed by atoms with Crippen LogP contribution in [0.25, 0.3) is 0 Å². The molecule has 0 spiro atoms. The van der Waals surface area contributed by atoms with Gasteiger partial charge in [-0.1, -0.05) is 48.0 Å². The average Bonchev–Trinajstić information content (AvgIpc) is 2.26. The topological polar surface area (TPSA) is 55.1 Å². The van der Waals surface area contributed by atoms with Crippen LogP contribution in [0.1, 0.15) is 17.2 Å². The lowest BCUT2D eigenvalue weighted by molar-refractivity contribution is -0.122. The van der Waals surface area contributed by atoms with Gasteiger partial charge < -0.3 is 11.1 Å². The van der Waals surface area contributed by atoms with Crippen LogP contribution < -0.4 is 11.1 Å². The molecule has 0 saturated carbocycles. The first-order valence-electron chi connectivity index (χ1n) is 4.94. The summed E-state index contributed by atoms with van der Waals surface area (Å²) in [6.45, 7) is 5.70. The van der Waals surface area contributed by atoms with Gasteiger partial charge in [0.15, 0.2) is 0 Å². The molecule has 94 valence electrons. The Morgan fingerprint density at radius 2 is 2.00 bits per heavy atom. The van der Waals surface area contributed by atoms with E-state index in [9.17, 15) is 4.79 Å². The van der Waals surface area contributed by atoms with Crippen LogP contribution >= 0.6 is 24.0 Å². The summed E-state index contributed by atoms with van der Waals surface area (Å²) in [5, 5.41) is 2.98. The molecular formula is C12H16Cl2N2O. The largest absolute Gasteiger partial charge is 0.350 e. The van der Waals surface area contributed by atoms with Gasteiger partial charge >= 0.3 is 0 Å². The molecule has 1 atom stereocenters. The highest BCUT2D eigenvalue weighted by atomic mass is 35.5. The third-order valence-electron chi connectivity index (χ3n) is 2.17. The molecule has 0 fully saturated rings. The number of hydrogen-bond acceptors (Lipinski definition) is 2. The van der Waals surface area contributed by atoms with E-state index in [4.69, 9.17) is 17.3 Å². The fraction of sp³-hybridized carbons (Fsp3) is 0.250. The van der Waals surface area contributed by atoms with Gasteiger partial charge in [0.1, 0.15) is 6.04 Å². The molecule has 5 heteroatoms. The van der Waals surface area contributed by atoms with Crippen molar-refractivity contribution in [3.63, 3.8) is 0 Å². The Hall–Kier alpha value is -1.03. The number of amides is 1. The number of carbonyl (C=O) groups excluding carboxylic acids is 1. The monoisotopic (exact) mass is 274 g/mol. The maximum absolute atomic E-state index is 11.6. The van der Waals surface area contributed by atoms with Crippen LogP contribution in [-0.4, -0.2) is 12.5 Å².